The van der Waals surface area contributed by atoms with Gasteiger partial charge in [-0.15, -0.1) is 0 Å². The maximum Gasteiger partial charge on any atom is 0.387 e. The maximum absolute atomic E-state index is 12.6. The van der Waals surface area contributed by atoms with Gasteiger partial charge in [0.25, 0.3) is 0 Å². The molecule has 2 heterocycles. The monoisotopic (exact) mass is 434 g/mol. The van der Waals surface area contributed by atoms with Crippen LogP contribution in [0, 0.1) is 0 Å². The zero-order valence-corrected chi connectivity index (χ0v) is 18.4. The second kappa shape index (κ2) is 10.6. The third-order valence-corrected chi connectivity index (χ3v) is 7.32. The fourth-order valence-electron chi connectivity index (χ4n) is 3.05. The van der Waals surface area contributed by atoms with Crippen LogP contribution in [0.25, 0.3) is 0 Å². The summed E-state index contributed by atoms with van der Waals surface area (Å²) in [6, 6.07) is -1.49. The molecule has 2 rings (SSSR count). The highest BCUT2D eigenvalue weighted by Gasteiger charge is 2.44. The second-order valence-corrected chi connectivity index (χ2v) is 11.4. The van der Waals surface area contributed by atoms with Gasteiger partial charge in [0.05, 0.1) is 31.0 Å². The van der Waals surface area contributed by atoms with Crippen molar-refractivity contribution < 1.29 is 38.0 Å². The number of aliphatic hydroxyl groups excluding tert-OH is 1. The van der Waals surface area contributed by atoms with Gasteiger partial charge in [-0.3, -0.25) is 4.52 Å². The lowest BCUT2D eigenvalue weighted by atomic mass is 9.93. The second-order valence-electron chi connectivity index (χ2n) is 7.52. The number of aliphatic hydroxyl groups is 1. The largest absolute Gasteiger partial charge is 0.388 e. The molecule has 2 aliphatic rings. The number of hydrogen-bond donors (Lipinski definition) is 2. The van der Waals surface area contributed by atoms with Gasteiger partial charge in [0.1, 0.15) is 34.0 Å². The summed E-state index contributed by atoms with van der Waals surface area (Å²) in [5.74, 6) is 0.0721. The van der Waals surface area contributed by atoms with Crippen molar-refractivity contribution >= 4 is 33.9 Å². The molecule has 8 nitrogen and oxygen atoms in total. The average molecular weight is 434 g/mol. The Labute approximate surface area is 173 Å². The van der Waals surface area contributed by atoms with Crippen LogP contribution in [0.1, 0.15) is 34.1 Å². The standard InChI is InChI=1S/C16H29B2O8PS/c1-8(2)22-6-11-10(5-13(17)24-11)26-27(20,21)28-7-12-15(23-9(3)4)14(19)16(18)25-12/h8-16,19H,5-7H2,1-4H3,(H,20,21). The highest BCUT2D eigenvalue weighted by molar-refractivity contribution is 8.54. The van der Waals surface area contributed by atoms with Gasteiger partial charge in [0.15, 0.2) is 0 Å². The van der Waals surface area contributed by atoms with Crippen LogP contribution >= 0.6 is 18.2 Å². The molecule has 158 valence electrons. The predicted molar refractivity (Wildman–Crippen MR) is 108 cm³/mol. The molecule has 28 heavy (non-hydrogen) atoms. The van der Waals surface area contributed by atoms with E-state index in [2.05, 4.69) is 0 Å². The van der Waals surface area contributed by atoms with Crippen LogP contribution in [0.2, 0.25) is 0 Å². The molecule has 0 bridgehead atoms. The molecule has 2 aliphatic heterocycles. The number of rotatable bonds is 10. The van der Waals surface area contributed by atoms with Gasteiger partial charge in [0, 0.05) is 17.8 Å². The van der Waals surface area contributed by atoms with Crippen molar-refractivity contribution in [1.82, 2.24) is 0 Å². The molecule has 2 fully saturated rings. The van der Waals surface area contributed by atoms with E-state index in [1.54, 1.807) is 0 Å². The lowest BCUT2D eigenvalue weighted by Crippen LogP contribution is -2.38. The Balaban J connectivity index is 1.90. The Morgan fingerprint density at radius 1 is 1.18 bits per heavy atom. The van der Waals surface area contributed by atoms with E-state index in [1.165, 1.54) is 0 Å². The quantitative estimate of drug-likeness (QED) is 0.385. The van der Waals surface area contributed by atoms with Crippen molar-refractivity contribution in [3.05, 3.63) is 0 Å². The molecule has 4 radical (unpaired) electrons. The molecule has 2 saturated heterocycles. The Bertz CT molecular complexity index is 543. The van der Waals surface area contributed by atoms with Gasteiger partial charge in [-0.2, -0.15) is 0 Å². The third-order valence-electron chi connectivity index (χ3n) is 4.29. The molecule has 8 atom stereocenters. The highest BCUT2D eigenvalue weighted by Crippen LogP contribution is 2.58. The van der Waals surface area contributed by atoms with Crippen LogP contribution in [0.5, 0.6) is 0 Å². The molecular weight excluding hydrogens is 405 g/mol. The fraction of sp³-hybridized carbons (Fsp3) is 1.00. The van der Waals surface area contributed by atoms with Crippen LogP contribution in [0.4, 0.5) is 0 Å². The Morgan fingerprint density at radius 3 is 2.46 bits per heavy atom. The van der Waals surface area contributed by atoms with Gasteiger partial charge in [-0.05, 0) is 45.5 Å². The summed E-state index contributed by atoms with van der Waals surface area (Å²) >= 11 is 0.705. The van der Waals surface area contributed by atoms with Crippen LogP contribution < -0.4 is 0 Å². The first-order chi connectivity index (χ1) is 13.0. The van der Waals surface area contributed by atoms with E-state index in [9.17, 15) is 14.6 Å². The van der Waals surface area contributed by atoms with Gasteiger partial charge in [0.2, 0.25) is 0 Å². The van der Waals surface area contributed by atoms with Crippen molar-refractivity contribution in [2.45, 2.75) is 88.9 Å². The molecule has 0 aliphatic carbocycles. The summed E-state index contributed by atoms with van der Waals surface area (Å²) in [6.45, 7) is 3.59. The molecule has 0 saturated carbocycles. The predicted octanol–water partition coefficient (Wildman–Crippen LogP) is 0.962. The molecule has 0 amide bonds. The highest BCUT2D eigenvalue weighted by atomic mass is 32.7. The Morgan fingerprint density at radius 2 is 1.86 bits per heavy atom. The first-order valence-corrected chi connectivity index (χ1v) is 12.6. The molecule has 0 aromatic heterocycles. The summed E-state index contributed by atoms with van der Waals surface area (Å²) in [7, 11) is 11.5. The van der Waals surface area contributed by atoms with E-state index in [0.717, 1.165) is 0 Å². The Hall–Kier alpha value is 0.430. The van der Waals surface area contributed by atoms with Crippen LogP contribution in [0.15, 0.2) is 0 Å². The van der Waals surface area contributed by atoms with E-state index in [-0.39, 0.29) is 24.6 Å². The van der Waals surface area contributed by atoms with Crippen LogP contribution in [0.3, 0.4) is 0 Å². The summed E-state index contributed by atoms with van der Waals surface area (Å²) < 4.78 is 40.2. The smallest absolute Gasteiger partial charge is 0.387 e. The molecule has 0 aromatic carbocycles. The lowest BCUT2D eigenvalue weighted by molar-refractivity contribution is -0.0601. The van der Waals surface area contributed by atoms with E-state index < -0.39 is 49.3 Å². The van der Waals surface area contributed by atoms with Gasteiger partial charge in [-0.1, -0.05) is 0 Å². The topological polar surface area (TPSA) is 104 Å². The van der Waals surface area contributed by atoms with E-state index in [1.807, 2.05) is 27.7 Å². The average Bonchev–Trinajstić information content (AvgIpc) is 3.04. The minimum Gasteiger partial charge on any atom is -0.388 e. The van der Waals surface area contributed by atoms with Crippen molar-refractivity contribution in [3.8, 4) is 0 Å². The van der Waals surface area contributed by atoms with Crippen molar-refractivity contribution in [1.29, 1.82) is 0 Å². The van der Waals surface area contributed by atoms with Gasteiger partial charge < -0.3 is 28.9 Å². The van der Waals surface area contributed by atoms with Crippen LogP contribution in [-0.4, -0.2) is 92.8 Å². The zero-order valence-electron chi connectivity index (χ0n) is 16.7. The number of hydrogen-bond acceptors (Lipinski definition) is 8. The van der Waals surface area contributed by atoms with E-state index in [0.29, 0.717) is 17.8 Å². The minimum atomic E-state index is -4.04. The van der Waals surface area contributed by atoms with Gasteiger partial charge in [-0.25, -0.2) is 4.57 Å². The SMILES string of the molecule is [B]C1CC(OP(=O)(O)SCC2OC([B])C(O)C2OC(C)C)C(COC(C)C)O1. The molecule has 8 unspecified atom stereocenters. The molecule has 2 N–H and O–H groups in total. The normalized spacial score (nSPS) is 38.4. The molecule has 0 spiro atoms. The van der Waals surface area contributed by atoms with Crippen molar-refractivity contribution in [2.24, 2.45) is 0 Å². The van der Waals surface area contributed by atoms with E-state index >= 15 is 0 Å². The van der Waals surface area contributed by atoms with Gasteiger partial charge >= 0.3 is 6.80 Å². The maximum atomic E-state index is 12.6. The molecule has 12 heteroatoms. The molecule has 0 aromatic rings. The Kier molecular flexibility index (Phi) is 9.39. The zero-order chi connectivity index (χ0) is 21.1. The minimum absolute atomic E-state index is 0.00979. The van der Waals surface area contributed by atoms with Crippen molar-refractivity contribution in [3.63, 3.8) is 0 Å². The first-order valence-electron chi connectivity index (χ1n) is 9.41. The third kappa shape index (κ3) is 7.29. The van der Waals surface area contributed by atoms with Crippen LogP contribution in [-0.2, 0) is 28.0 Å². The fourth-order valence-corrected chi connectivity index (χ4v) is 5.79. The molecular formula is C16H29B2O8PS. The number of ether oxygens (including phenoxy) is 4. The summed E-state index contributed by atoms with van der Waals surface area (Å²) in [5, 5.41) is 10.1. The summed E-state index contributed by atoms with van der Waals surface area (Å²) in [4.78, 5) is 10.3. The van der Waals surface area contributed by atoms with Crippen molar-refractivity contribution in [2.75, 3.05) is 12.4 Å². The first kappa shape index (κ1) is 24.7. The lowest BCUT2D eigenvalue weighted by Gasteiger charge is -2.25. The summed E-state index contributed by atoms with van der Waals surface area (Å²) in [5.41, 5.74) is 0. The summed E-state index contributed by atoms with van der Waals surface area (Å²) in [6.07, 6.45) is -3.38. The van der Waals surface area contributed by atoms with E-state index in [4.69, 9.17) is 39.2 Å².